The summed E-state index contributed by atoms with van der Waals surface area (Å²) in [6.45, 7) is 2.38. The van der Waals surface area contributed by atoms with Crippen LogP contribution in [0.3, 0.4) is 0 Å². The fourth-order valence-corrected chi connectivity index (χ4v) is 2.53. The maximum atomic E-state index is 12.5. The number of halogens is 3. The van der Waals surface area contributed by atoms with Gasteiger partial charge in [0.1, 0.15) is 0 Å². The first kappa shape index (κ1) is 14.6. The standard InChI is InChI=1S/C12H19F3N2O2/c13-12(14,15)9-1-4-17(5-2-9)11(18)7-10-8-16-3-6-19-10/h9-10,16H,1-8H2. The molecular formula is C12H19F3N2O2. The van der Waals surface area contributed by atoms with E-state index in [0.717, 1.165) is 6.54 Å². The summed E-state index contributed by atoms with van der Waals surface area (Å²) in [4.78, 5) is 13.5. The highest BCUT2D eigenvalue weighted by molar-refractivity contribution is 5.76. The number of alkyl halides is 3. The molecule has 2 aliphatic rings. The van der Waals surface area contributed by atoms with Gasteiger partial charge in [-0.05, 0) is 12.8 Å². The summed E-state index contributed by atoms with van der Waals surface area (Å²) in [5.41, 5.74) is 0. The van der Waals surface area contributed by atoms with Crippen LogP contribution < -0.4 is 5.32 Å². The van der Waals surface area contributed by atoms with E-state index in [1.807, 2.05) is 0 Å². The number of likely N-dealkylation sites (tertiary alicyclic amines) is 1. The van der Waals surface area contributed by atoms with Gasteiger partial charge < -0.3 is 15.0 Å². The molecule has 1 amide bonds. The minimum atomic E-state index is -4.13. The summed E-state index contributed by atoms with van der Waals surface area (Å²) in [5.74, 6) is -1.36. The fourth-order valence-electron chi connectivity index (χ4n) is 2.53. The molecule has 0 radical (unpaired) electrons. The third-order valence-corrected chi connectivity index (χ3v) is 3.72. The minimum Gasteiger partial charge on any atom is -0.375 e. The van der Waals surface area contributed by atoms with E-state index in [2.05, 4.69) is 5.32 Å². The highest BCUT2D eigenvalue weighted by atomic mass is 19.4. The fraction of sp³-hybridized carbons (Fsp3) is 0.917. The first-order valence-corrected chi connectivity index (χ1v) is 6.63. The molecule has 2 heterocycles. The minimum absolute atomic E-state index is 0.0129. The van der Waals surface area contributed by atoms with Crippen molar-refractivity contribution in [3.63, 3.8) is 0 Å². The maximum absolute atomic E-state index is 12.5. The first-order valence-electron chi connectivity index (χ1n) is 6.63. The van der Waals surface area contributed by atoms with Crippen LogP contribution in [0.1, 0.15) is 19.3 Å². The largest absolute Gasteiger partial charge is 0.391 e. The molecule has 2 fully saturated rings. The second-order valence-corrected chi connectivity index (χ2v) is 5.10. The molecular weight excluding hydrogens is 261 g/mol. The molecule has 0 aromatic heterocycles. The average molecular weight is 280 g/mol. The van der Waals surface area contributed by atoms with Crippen LogP contribution in [-0.2, 0) is 9.53 Å². The van der Waals surface area contributed by atoms with E-state index in [9.17, 15) is 18.0 Å². The lowest BCUT2D eigenvalue weighted by Crippen LogP contribution is -2.45. The van der Waals surface area contributed by atoms with Crippen molar-refractivity contribution >= 4 is 5.91 Å². The second kappa shape index (κ2) is 6.09. The third-order valence-electron chi connectivity index (χ3n) is 3.72. The van der Waals surface area contributed by atoms with E-state index >= 15 is 0 Å². The third kappa shape index (κ3) is 4.07. The Bertz CT molecular complexity index is 309. The molecule has 0 saturated carbocycles. The van der Waals surface area contributed by atoms with Gasteiger partial charge in [-0.15, -0.1) is 0 Å². The van der Waals surface area contributed by atoms with Crippen LogP contribution >= 0.6 is 0 Å². The first-order chi connectivity index (χ1) is 8.97. The van der Waals surface area contributed by atoms with Crippen molar-refractivity contribution < 1.29 is 22.7 Å². The molecule has 0 spiro atoms. The number of piperidine rings is 1. The van der Waals surface area contributed by atoms with Crippen LogP contribution in [-0.4, -0.2) is 55.9 Å². The van der Waals surface area contributed by atoms with Crippen molar-refractivity contribution in [2.75, 3.05) is 32.8 Å². The second-order valence-electron chi connectivity index (χ2n) is 5.10. The van der Waals surface area contributed by atoms with Gasteiger partial charge in [-0.2, -0.15) is 13.2 Å². The predicted octanol–water partition coefficient (Wildman–Crippen LogP) is 1.17. The van der Waals surface area contributed by atoms with Gasteiger partial charge in [-0.25, -0.2) is 0 Å². The lowest BCUT2D eigenvalue weighted by atomic mass is 9.96. The molecule has 1 unspecified atom stereocenters. The van der Waals surface area contributed by atoms with E-state index in [0.29, 0.717) is 13.2 Å². The van der Waals surface area contributed by atoms with E-state index < -0.39 is 12.1 Å². The summed E-state index contributed by atoms with van der Waals surface area (Å²) in [7, 11) is 0. The number of morpholine rings is 1. The van der Waals surface area contributed by atoms with E-state index in [4.69, 9.17) is 4.74 Å². The van der Waals surface area contributed by atoms with Gasteiger partial charge in [0.05, 0.1) is 25.0 Å². The Morgan fingerprint density at radius 2 is 2.00 bits per heavy atom. The van der Waals surface area contributed by atoms with Crippen molar-refractivity contribution in [2.45, 2.75) is 31.5 Å². The van der Waals surface area contributed by atoms with E-state index in [1.54, 1.807) is 0 Å². The Labute approximate surface area is 110 Å². The van der Waals surface area contributed by atoms with Crippen molar-refractivity contribution in [2.24, 2.45) is 5.92 Å². The number of carbonyl (C=O) groups is 1. The number of hydrogen-bond acceptors (Lipinski definition) is 3. The number of ether oxygens (including phenoxy) is 1. The highest BCUT2D eigenvalue weighted by Crippen LogP contribution is 2.34. The van der Waals surface area contributed by atoms with Gasteiger partial charge in [0.25, 0.3) is 0 Å². The zero-order chi connectivity index (χ0) is 13.9. The van der Waals surface area contributed by atoms with Crippen LogP contribution in [0.5, 0.6) is 0 Å². The van der Waals surface area contributed by atoms with Crippen LogP contribution in [0.4, 0.5) is 13.2 Å². The van der Waals surface area contributed by atoms with Crippen molar-refractivity contribution in [3.05, 3.63) is 0 Å². The lowest BCUT2D eigenvalue weighted by molar-refractivity contribution is -0.186. The summed E-state index contributed by atoms with van der Waals surface area (Å²) in [6, 6.07) is 0. The maximum Gasteiger partial charge on any atom is 0.391 e. The molecule has 0 aromatic rings. The Balaban J connectivity index is 1.76. The monoisotopic (exact) mass is 280 g/mol. The Hall–Kier alpha value is -0.820. The predicted molar refractivity (Wildman–Crippen MR) is 62.6 cm³/mol. The average Bonchev–Trinajstić information content (AvgIpc) is 2.39. The molecule has 0 bridgehead atoms. The van der Waals surface area contributed by atoms with Crippen molar-refractivity contribution in [3.8, 4) is 0 Å². The number of nitrogens with one attached hydrogen (secondary N) is 1. The molecule has 7 heteroatoms. The van der Waals surface area contributed by atoms with E-state index in [1.165, 1.54) is 4.90 Å². The number of hydrogen-bond donors (Lipinski definition) is 1. The van der Waals surface area contributed by atoms with Crippen LogP contribution in [0, 0.1) is 5.92 Å². The molecule has 110 valence electrons. The van der Waals surface area contributed by atoms with Gasteiger partial charge in [0.15, 0.2) is 0 Å². The Kier molecular flexibility index (Phi) is 4.67. The zero-order valence-electron chi connectivity index (χ0n) is 10.7. The molecule has 2 aliphatic heterocycles. The van der Waals surface area contributed by atoms with Crippen LogP contribution in [0.15, 0.2) is 0 Å². The van der Waals surface area contributed by atoms with Gasteiger partial charge in [-0.1, -0.05) is 0 Å². The molecule has 0 aromatic carbocycles. The van der Waals surface area contributed by atoms with Crippen molar-refractivity contribution in [1.29, 1.82) is 0 Å². The van der Waals surface area contributed by atoms with Gasteiger partial charge in [0, 0.05) is 26.2 Å². The topological polar surface area (TPSA) is 41.6 Å². The smallest absolute Gasteiger partial charge is 0.375 e. The Morgan fingerprint density at radius 1 is 1.32 bits per heavy atom. The van der Waals surface area contributed by atoms with Crippen LogP contribution in [0.2, 0.25) is 0 Å². The quantitative estimate of drug-likeness (QED) is 0.825. The molecule has 2 saturated heterocycles. The summed E-state index contributed by atoms with van der Waals surface area (Å²) in [6.07, 6.45) is -4.01. The van der Waals surface area contributed by atoms with Crippen LogP contribution in [0.25, 0.3) is 0 Å². The van der Waals surface area contributed by atoms with Gasteiger partial charge in [0.2, 0.25) is 5.91 Å². The number of amides is 1. The lowest BCUT2D eigenvalue weighted by Gasteiger charge is -2.34. The van der Waals surface area contributed by atoms with Gasteiger partial charge in [-0.3, -0.25) is 4.79 Å². The molecule has 2 rings (SSSR count). The van der Waals surface area contributed by atoms with Crippen molar-refractivity contribution in [1.82, 2.24) is 10.2 Å². The number of nitrogens with zero attached hydrogens (tertiary/aromatic N) is 1. The SMILES string of the molecule is O=C(CC1CNCCO1)N1CCC(C(F)(F)F)CC1. The van der Waals surface area contributed by atoms with Gasteiger partial charge >= 0.3 is 6.18 Å². The summed E-state index contributed by atoms with van der Waals surface area (Å²) < 4.78 is 43.0. The number of rotatable bonds is 2. The molecule has 1 N–H and O–H groups in total. The highest BCUT2D eigenvalue weighted by Gasteiger charge is 2.41. The Morgan fingerprint density at radius 3 is 2.53 bits per heavy atom. The summed E-state index contributed by atoms with van der Waals surface area (Å²) in [5, 5.41) is 3.13. The molecule has 19 heavy (non-hydrogen) atoms. The normalized spacial score (nSPS) is 26.5. The number of carbonyl (C=O) groups excluding carboxylic acids is 1. The van der Waals surface area contributed by atoms with E-state index in [-0.39, 0.29) is 44.4 Å². The molecule has 4 nitrogen and oxygen atoms in total. The molecule has 1 atom stereocenters. The molecule has 0 aliphatic carbocycles. The zero-order valence-corrected chi connectivity index (χ0v) is 10.7. The summed E-state index contributed by atoms with van der Waals surface area (Å²) >= 11 is 0.